The first-order valence-corrected chi connectivity index (χ1v) is 9.68. The first kappa shape index (κ1) is 16.9. The Labute approximate surface area is 165 Å². The van der Waals surface area contributed by atoms with E-state index >= 15 is 0 Å². The van der Waals surface area contributed by atoms with Gasteiger partial charge in [-0.3, -0.25) is 0 Å². The first-order chi connectivity index (χ1) is 13.6. The molecule has 0 aliphatic carbocycles. The lowest BCUT2D eigenvalue weighted by Crippen LogP contribution is -2.52. The number of nitrogens with zero attached hydrogens (tertiary/aromatic N) is 3. The summed E-state index contributed by atoms with van der Waals surface area (Å²) in [6, 6.07) is 18.7. The number of benzene rings is 2. The predicted octanol–water partition coefficient (Wildman–Crippen LogP) is 4.07. The fraction of sp³-hybridized carbons (Fsp3) is 0.174. The third kappa shape index (κ3) is 2.36. The molecule has 0 radical (unpaired) electrons. The van der Waals surface area contributed by atoms with E-state index in [-0.39, 0.29) is 6.85 Å². The van der Waals surface area contributed by atoms with E-state index in [0.29, 0.717) is 0 Å². The van der Waals surface area contributed by atoms with E-state index in [1.807, 2.05) is 18.2 Å². The summed E-state index contributed by atoms with van der Waals surface area (Å²) in [5.74, 6) is 2.32. The Hall–Kier alpha value is -3.21. The van der Waals surface area contributed by atoms with Crippen LogP contribution in [0.1, 0.15) is 18.3 Å². The minimum atomic E-state index is 0.115. The molecule has 5 rings (SSSR count). The molecule has 138 valence electrons. The van der Waals surface area contributed by atoms with Gasteiger partial charge in [-0.05, 0) is 38.0 Å². The second kappa shape index (κ2) is 6.16. The van der Waals surface area contributed by atoms with E-state index < -0.39 is 0 Å². The topological polar surface area (TPSA) is 25.2 Å². The van der Waals surface area contributed by atoms with Gasteiger partial charge < -0.3 is 9.23 Å². The van der Waals surface area contributed by atoms with Crippen molar-refractivity contribution in [1.29, 1.82) is 0 Å². The highest BCUT2D eigenvalue weighted by molar-refractivity contribution is 6.76. The highest BCUT2D eigenvalue weighted by Crippen LogP contribution is 2.30. The number of aromatic nitrogens is 2. The van der Waals surface area contributed by atoms with Crippen LogP contribution >= 0.6 is 0 Å². The fourth-order valence-electron chi connectivity index (χ4n) is 4.32. The number of hydrogen-bond donors (Lipinski definition) is 0. The second-order valence-corrected chi connectivity index (χ2v) is 7.51. The van der Waals surface area contributed by atoms with Gasteiger partial charge in [-0.1, -0.05) is 36.4 Å². The quantitative estimate of drug-likeness (QED) is 0.394. The molecule has 28 heavy (non-hydrogen) atoms. The predicted molar refractivity (Wildman–Crippen MR) is 115 cm³/mol. The van der Waals surface area contributed by atoms with Crippen LogP contribution in [-0.4, -0.2) is 11.4 Å². The largest absolute Gasteiger partial charge is 0.466 e. The lowest BCUT2D eigenvalue weighted by molar-refractivity contribution is -0.664. The van der Waals surface area contributed by atoms with Crippen LogP contribution in [0.15, 0.2) is 70.9 Å². The number of para-hydroxylation sites is 2. The molecule has 4 nitrogen and oxygen atoms in total. The van der Waals surface area contributed by atoms with Gasteiger partial charge in [-0.2, -0.15) is 0 Å². The van der Waals surface area contributed by atoms with Crippen molar-refractivity contribution in [3.05, 3.63) is 77.9 Å². The summed E-state index contributed by atoms with van der Waals surface area (Å²) in [7, 11) is 2.12. The molecule has 0 saturated carbocycles. The molecular weight excluding hydrogens is 345 g/mol. The molecule has 0 fully saturated rings. The summed E-state index contributed by atoms with van der Waals surface area (Å²) in [5.41, 5.74) is 5.56. The van der Waals surface area contributed by atoms with Crippen LogP contribution in [-0.2, 0) is 7.05 Å². The van der Waals surface area contributed by atoms with Gasteiger partial charge in [0, 0.05) is 17.9 Å². The Morgan fingerprint density at radius 3 is 2.46 bits per heavy atom. The van der Waals surface area contributed by atoms with Crippen molar-refractivity contribution in [1.82, 2.24) is 4.57 Å². The molecule has 1 aliphatic rings. The van der Waals surface area contributed by atoms with Crippen LogP contribution in [0.3, 0.4) is 0 Å². The average Bonchev–Trinajstić information content (AvgIpc) is 3.22. The van der Waals surface area contributed by atoms with E-state index in [1.165, 1.54) is 22.5 Å². The highest BCUT2D eigenvalue weighted by Gasteiger charge is 2.39. The minimum absolute atomic E-state index is 0.115. The molecule has 1 aliphatic heterocycles. The standard InChI is InChI=1S/C23H23BN3O/c1-16-14-20-19-12-8-9-13-21(19)28-23(20)24(3)27(16)22-15-26(17(2)25(22)4)18-10-6-5-7-11-18/h5-15H,1-4H3/q+1. The SMILES string of the molecule is CB1c2oc3ccccc3c2C=C(C)N1c1cn(-c2ccccc2)c(C)[n+]1C. The number of anilines is 1. The lowest BCUT2D eigenvalue weighted by atomic mass is 9.57. The van der Waals surface area contributed by atoms with E-state index in [2.05, 4.69) is 90.3 Å². The Morgan fingerprint density at radius 1 is 0.964 bits per heavy atom. The molecule has 0 saturated heterocycles. The molecule has 0 unspecified atom stereocenters. The molecule has 0 spiro atoms. The Balaban J connectivity index is 1.65. The van der Waals surface area contributed by atoms with Gasteiger partial charge in [0.25, 0.3) is 0 Å². The molecule has 0 N–H and O–H groups in total. The molecule has 4 aromatic rings. The van der Waals surface area contributed by atoms with Crippen LogP contribution in [0.2, 0.25) is 6.82 Å². The van der Waals surface area contributed by atoms with Gasteiger partial charge in [0.1, 0.15) is 23.1 Å². The summed E-state index contributed by atoms with van der Waals surface area (Å²) >= 11 is 0. The van der Waals surface area contributed by atoms with Gasteiger partial charge in [0.05, 0.1) is 12.7 Å². The maximum atomic E-state index is 6.26. The van der Waals surface area contributed by atoms with Crippen molar-refractivity contribution < 1.29 is 8.98 Å². The summed E-state index contributed by atoms with van der Waals surface area (Å²) < 4.78 is 10.7. The van der Waals surface area contributed by atoms with E-state index in [9.17, 15) is 0 Å². The average molecular weight is 368 g/mol. The zero-order valence-electron chi connectivity index (χ0n) is 16.7. The molecule has 2 aromatic carbocycles. The molecule has 5 heteroatoms. The summed E-state index contributed by atoms with van der Waals surface area (Å²) in [6.45, 7) is 6.66. The minimum Gasteiger partial charge on any atom is -0.466 e. The fourth-order valence-corrected chi connectivity index (χ4v) is 4.32. The zero-order chi connectivity index (χ0) is 19.4. The Bertz CT molecular complexity index is 1220. The van der Waals surface area contributed by atoms with E-state index in [1.54, 1.807) is 0 Å². The summed E-state index contributed by atoms with van der Waals surface area (Å²) in [5, 5.41) is 1.19. The van der Waals surface area contributed by atoms with Crippen LogP contribution in [0.5, 0.6) is 0 Å². The smallest absolute Gasteiger partial charge is 0.409 e. The molecule has 3 heterocycles. The van der Waals surface area contributed by atoms with Gasteiger partial charge >= 0.3 is 6.85 Å². The van der Waals surface area contributed by atoms with Crippen molar-refractivity contribution in [2.75, 3.05) is 4.81 Å². The number of hydrogen-bond acceptors (Lipinski definition) is 2. The molecule has 0 amide bonds. The van der Waals surface area contributed by atoms with Crippen LogP contribution < -0.4 is 15.0 Å². The Morgan fingerprint density at radius 2 is 1.68 bits per heavy atom. The number of furan rings is 1. The van der Waals surface area contributed by atoms with Crippen LogP contribution in [0.4, 0.5) is 5.82 Å². The second-order valence-electron chi connectivity index (χ2n) is 7.51. The van der Waals surface area contributed by atoms with Gasteiger partial charge in [0.15, 0.2) is 0 Å². The zero-order valence-corrected chi connectivity index (χ0v) is 16.7. The van der Waals surface area contributed by atoms with Crippen LogP contribution in [0.25, 0.3) is 22.7 Å². The van der Waals surface area contributed by atoms with Crippen molar-refractivity contribution in [3.8, 4) is 5.69 Å². The number of imidazole rings is 1. The van der Waals surface area contributed by atoms with E-state index in [4.69, 9.17) is 4.42 Å². The first-order valence-electron chi connectivity index (χ1n) is 9.68. The van der Waals surface area contributed by atoms with Crippen LogP contribution in [0, 0.1) is 6.92 Å². The van der Waals surface area contributed by atoms with Crippen molar-refractivity contribution in [2.24, 2.45) is 7.05 Å². The third-order valence-corrected chi connectivity index (χ3v) is 5.87. The molecule has 2 aromatic heterocycles. The third-order valence-electron chi connectivity index (χ3n) is 5.87. The maximum Gasteiger partial charge on any atom is 0.409 e. The van der Waals surface area contributed by atoms with Crippen molar-refractivity contribution in [3.63, 3.8) is 0 Å². The van der Waals surface area contributed by atoms with Gasteiger partial charge in [-0.15, -0.1) is 0 Å². The van der Waals surface area contributed by atoms with E-state index in [0.717, 1.165) is 22.7 Å². The molecular formula is C23H23BN3O+. The lowest BCUT2D eigenvalue weighted by Gasteiger charge is -2.26. The summed E-state index contributed by atoms with van der Waals surface area (Å²) in [6.07, 6.45) is 4.46. The van der Waals surface area contributed by atoms with Gasteiger partial charge in [0.2, 0.25) is 11.6 Å². The van der Waals surface area contributed by atoms with Crippen molar-refractivity contribution >= 4 is 35.4 Å². The summed E-state index contributed by atoms with van der Waals surface area (Å²) in [4.78, 5) is 2.36. The maximum absolute atomic E-state index is 6.26. The van der Waals surface area contributed by atoms with Gasteiger partial charge in [-0.25, -0.2) is 9.13 Å². The number of allylic oxidation sites excluding steroid dienone is 1. The number of fused-ring (bicyclic) bond motifs is 3. The highest BCUT2D eigenvalue weighted by atomic mass is 16.3. The number of rotatable bonds is 2. The Kier molecular flexibility index (Phi) is 3.73. The molecule has 0 atom stereocenters. The van der Waals surface area contributed by atoms with Crippen molar-refractivity contribution in [2.45, 2.75) is 20.7 Å². The normalized spacial score (nSPS) is 13.8. The molecule has 0 bridgehead atoms. The monoisotopic (exact) mass is 368 g/mol.